The fraction of sp³-hybridized carbons (Fsp3) is 0.0588. The number of H-pyrrole nitrogens is 1. The van der Waals surface area contributed by atoms with Gasteiger partial charge in [-0.25, -0.2) is 9.37 Å². The number of nitrogens with one attached hydrogen (secondary N) is 1. The molecule has 0 saturated carbocycles. The number of aryl methyl sites for hydroxylation is 1. The molecule has 3 aromatic rings. The van der Waals surface area contributed by atoms with Crippen molar-refractivity contribution in [1.82, 2.24) is 9.97 Å². The van der Waals surface area contributed by atoms with Crippen molar-refractivity contribution in [1.29, 1.82) is 0 Å². The minimum Gasteiger partial charge on any atom is -0.339 e. The van der Waals surface area contributed by atoms with Crippen molar-refractivity contribution in [3.8, 4) is 22.6 Å². The SMILES string of the molecule is Cc1ccc(F)c(-c2cc(=S)nc(-c3ccccc3)[nH]2)c1. The number of aromatic nitrogens is 2. The summed E-state index contributed by atoms with van der Waals surface area (Å²) in [6.45, 7) is 1.93. The standard InChI is InChI=1S/C17H13FN2S/c1-11-7-8-14(18)13(9-11)15-10-16(21)20-17(19-15)12-5-3-2-4-6-12/h2-10H,1H3,(H,19,20,21). The van der Waals surface area contributed by atoms with E-state index in [1.165, 1.54) is 6.07 Å². The van der Waals surface area contributed by atoms with E-state index in [0.717, 1.165) is 11.1 Å². The molecule has 104 valence electrons. The van der Waals surface area contributed by atoms with E-state index in [0.29, 0.717) is 21.7 Å². The second kappa shape index (κ2) is 5.58. The molecule has 0 unspecified atom stereocenters. The largest absolute Gasteiger partial charge is 0.339 e. The van der Waals surface area contributed by atoms with E-state index < -0.39 is 0 Å². The molecule has 0 aliphatic rings. The molecular weight excluding hydrogens is 283 g/mol. The van der Waals surface area contributed by atoms with Crippen molar-refractivity contribution >= 4 is 12.2 Å². The molecule has 1 aromatic heterocycles. The van der Waals surface area contributed by atoms with Crippen LogP contribution in [0, 0.1) is 17.4 Å². The van der Waals surface area contributed by atoms with Gasteiger partial charge in [0.25, 0.3) is 0 Å². The van der Waals surface area contributed by atoms with Crippen LogP contribution >= 0.6 is 12.2 Å². The first-order valence-corrected chi connectivity index (χ1v) is 6.97. The second-order valence-corrected chi connectivity index (χ2v) is 5.25. The van der Waals surface area contributed by atoms with Crippen molar-refractivity contribution in [2.24, 2.45) is 0 Å². The van der Waals surface area contributed by atoms with E-state index >= 15 is 0 Å². The molecule has 0 saturated heterocycles. The van der Waals surface area contributed by atoms with E-state index in [-0.39, 0.29) is 5.82 Å². The van der Waals surface area contributed by atoms with Crippen LogP contribution < -0.4 is 0 Å². The molecule has 0 amide bonds. The smallest absolute Gasteiger partial charge is 0.139 e. The molecule has 2 nitrogen and oxygen atoms in total. The summed E-state index contributed by atoms with van der Waals surface area (Å²) in [6.07, 6.45) is 0. The predicted molar refractivity (Wildman–Crippen MR) is 85.0 cm³/mol. The van der Waals surface area contributed by atoms with Gasteiger partial charge in [-0.15, -0.1) is 0 Å². The minimum absolute atomic E-state index is 0.281. The number of hydrogen-bond donors (Lipinski definition) is 1. The molecule has 21 heavy (non-hydrogen) atoms. The van der Waals surface area contributed by atoms with Crippen molar-refractivity contribution in [3.63, 3.8) is 0 Å². The first-order chi connectivity index (χ1) is 10.1. The average Bonchev–Trinajstić information content (AvgIpc) is 2.50. The van der Waals surface area contributed by atoms with E-state index in [1.807, 2.05) is 37.3 Å². The molecule has 0 fully saturated rings. The Bertz CT molecular complexity index is 841. The molecule has 0 atom stereocenters. The van der Waals surface area contributed by atoms with E-state index in [2.05, 4.69) is 9.97 Å². The lowest BCUT2D eigenvalue weighted by atomic mass is 10.1. The summed E-state index contributed by atoms with van der Waals surface area (Å²) in [5.74, 6) is 0.357. The fourth-order valence-corrected chi connectivity index (χ4v) is 2.39. The Kier molecular flexibility index (Phi) is 3.62. The van der Waals surface area contributed by atoms with Crippen LogP contribution in [0.15, 0.2) is 54.6 Å². The quantitative estimate of drug-likeness (QED) is 0.680. The normalized spacial score (nSPS) is 10.6. The number of rotatable bonds is 2. The lowest BCUT2D eigenvalue weighted by Crippen LogP contribution is -1.95. The highest BCUT2D eigenvalue weighted by Crippen LogP contribution is 2.24. The van der Waals surface area contributed by atoms with Crippen molar-refractivity contribution < 1.29 is 4.39 Å². The van der Waals surface area contributed by atoms with Gasteiger partial charge in [-0.2, -0.15) is 0 Å². The Balaban J connectivity index is 2.19. The lowest BCUT2D eigenvalue weighted by molar-refractivity contribution is 0.630. The molecule has 0 aliphatic heterocycles. The van der Waals surface area contributed by atoms with E-state index in [1.54, 1.807) is 18.2 Å². The third-order valence-corrected chi connectivity index (χ3v) is 3.41. The second-order valence-electron chi connectivity index (χ2n) is 4.83. The van der Waals surface area contributed by atoms with Crippen molar-refractivity contribution in [3.05, 3.63) is 70.6 Å². The van der Waals surface area contributed by atoms with Gasteiger partial charge in [0.2, 0.25) is 0 Å². The van der Waals surface area contributed by atoms with Gasteiger partial charge in [0.1, 0.15) is 16.3 Å². The van der Waals surface area contributed by atoms with Gasteiger partial charge in [-0.1, -0.05) is 54.2 Å². The summed E-state index contributed by atoms with van der Waals surface area (Å²) in [5, 5.41) is 0. The van der Waals surface area contributed by atoms with E-state index in [9.17, 15) is 4.39 Å². The minimum atomic E-state index is -0.281. The topological polar surface area (TPSA) is 28.7 Å². The highest BCUT2D eigenvalue weighted by Gasteiger charge is 2.08. The highest BCUT2D eigenvalue weighted by atomic mass is 32.1. The van der Waals surface area contributed by atoms with Crippen molar-refractivity contribution in [2.75, 3.05) is 0 Å². The molecule has 0 spiro atoms. The Morgan fingerprint density at radius 2 is 1.81 bits per heavy atom. The summed E-state index contributed by atoms with van der Waals surface area (Å²) in [6, 6.07) is 16.3. The first kappa shape index (κ1) is 13.6. The third-order valence-electron chi connectivity index (χ3n) is 3.20. The molecule has 0 radical (unpaired) electrons. The van der Waals surface area contributed by atoms with Gasteiger partial charge in [0, 0.05) is 11.1 Å². The summed E-state index contributed by atoms with van der Waals surface area (Å²) >= 11 is 5.21. The van der Waals surface area contributed by atoms with Crippen LogP contribution in [0.1, 0.15) is 5.56 Å². The number of aromatic amines is 1. The fourth-order valence-electron chi connectivity index (χ4n) is 2.18. The van der Waals surface area contributed by atoms with Crippen molar-refractivity contribution in [2.45, 2.75) is 6.92 Å². The molecule has 0 aliphatic carbocycles. The number of nitrogens with zero attached hydrogens (tertiary/aromatic N) is 1. The van der Waals surface area contributed by atoms with Crippen LogP contribution in [-0.2, 0) is 0 Å². The Morgan fingerprint density at radius 1 is 1.05 bits per heavy atom. The molecule has 4 heteroatoms. The molecule has 1 heterocycles. The first-order valence-electron chi connectivity index (χ1n) is 6.57. The van der Waals surface area contributed by atoms with E-state index in [4.69, 9.17) is 12.2 Å². The van der Waals surface area contributed by atoms with Crippen LogP contribution in [0.5, 0.6) is 0 Å². The van der Waals surface area contributed by atoms with Gasteiger partial charge in [-0.05, 0) is 25.1 Å². The molecule has 0 bridgehead atoms. The Morgan fingerprint density at radius 3 is 2.57 bits per heavy atom. The predicted octanol–water partition coefficient (Wildman–Crippen LogP) is 4.92. The van der Waals surface area contributed by atoms with Crippen LogP contribution in [0.25, 0.3) is 22.6 Å². The highest BCUT2D eigenvalue weighted by molar-refractivity contribution is 7.71. The Labute approximate surface area is 127 Å². The summed E-state index contributed by atoms with van der Waals surface area (Å²) in [4.78, 5) is 7.49. The van der Waals surface area contributed by atoms with Gasteiger partial charge < -0.3 is 4.98 Å². The zero-order valence-corrected chi connectivity index (χ0v) is 12.2. The summed E-state index contributed by atoms with van der Waals surface area (Å²) in [5.41, 5.74) is 3.04. The Hall–Kier alpha value is -2.33. The summed E-state index contributed by atoms with van der Waals surface area (Å²) in [7, 11) is 0. The van der Waals surface area contributed by atoms with Crippen LogP contribution in [-0.4, -0.2) is 9.97 Å². The maximum absolute atomic E-state index is 14.0. The third kappa shape index (κ3) is 2.90. The average molecular weight is 296 g/mol. The number of halogens is 1. The van der Waals surface area contributed by atoms with Gasteiger partial charge >= 0.3 is 0 Å². The monoisotopic (exact) mass is 296 g/mol. The maximum atomic E-state index is 14.0. The lowest BCUT2D eigenvalue weighted by Gasteiger charge is -2.08. The molecule has 2 aromatic carbocycles. The number of benzene rings is 2. The maximum Gasteiger partial charge on any atom is 0.139 e. The van der Waals surface area contributed by atoms with Gasteiger partial charge in [0.15, 0.2) is 0 Å². The molecular formula is C17H13FN2S. The van der Waals surface area contributed by atoms with Crippen LogP contribution in [0.4, 0.5) is 4.39 Å². The van der Waals surface area contributed by atoms with Crippen LogP contribution in [0.3, 0.4) is 0 Å². The van der Waals surface area contributed by atoms with Gasteiger partial charge in [-0.3, -0.25) is 0 Å². The summed E-state index contributed by atoms with van der Waals surface area (Å²) < 4.78 is 14.5. The number of hydrogen-bond acceptors (Lipinski definition) is 2. The molecule has 1 N–H and O–H groups in total. The zero-order chi connectivity index (χ0) is 14.8. The van der Waals surface area contributed by atoms with Crippen LogP contribution in [0.2, 0.25) is 0 Å². The molecule has 3 rings (SSSR count). The zero-order valence-electron chi connectivity index (χ0n) is 11.4. The van der Waals surface area contributed by atoms with Gasteiger partial charge in [0.05, 0.1) is 5.69 Å².